The van der Waals surface area contributed by atoms with E-state index in [1.54, 1.807) is 7.11 Å². The average molecular weight is 356 g/mol. The standard InChI is InChI=1S/C23H20N2O2/c1-27-20-12-10-17(11-13-20)21-9-5-8-19(23(21)26)16-25-15-14-22(24-25)18-6-3-2-4-7-18/h2-15,26H,16H2,1H3. The van der Waals surface area contributed by atoms with Gasteiger partial charge in [0.05, 0.1) is 19.3 Å². The Hall–Kier alpha value is -3.53. The molecular formula is C23H20N2O2. The molecule has 0 fully saturated rings. The molecule has 0 radical (unpaired) electrons. The Morgan fingerprint density at radius 3 is 2.37 bits per heavy atom. The number of aromatic nitrogens is 2. The number of nitrogens with zero attached hydrogens (tertiary/aromatic N) is 2. The van der Waals surface area contributed by atoms with Gasteiger partial charge in [-0.2, -0.15) is 5.10 Å². The molecule has 0 aliphatic rings. The van der Waals surface area contributed by atoms with Crippen molar-refractivity contribution in [2.24, 2.45) is 0 Å². The fourth-order valence-electron chi connectivity index (χ4n) is 3.11. The first-order valence-electron chi connectivity index (χ1n) is 8.79. The average Bonchev–Trinajstić information content (AvgIpc) is 3.19. The molecule has 1 aromatic heterocycles. The predicted molar refractivity (Wildman–Crippen MR) is 107 cm³/mol. The van der Waals surface area contributed by atoms with Crippen molar-refractivity contribution in [3.8, 4) is 33.9 Å². The highest BCUT2D eigenvalue weighted by molar-refractivity contribution is 5.72. The highest BCUT2D eigenvalue weighted by Gasteiger charge is 2.11. The monoisotopic (exact) mass is 356 g/mol. The molecule has 1 N–H and O–H groups in total. The molecule has 4 nitrogen and oxygen atoms in total. The fourth-order valence-corrected chi connectivity index (χ4v) is 3.11. The van der Waals surface area contributed by atoms with E-state index in [9.17, 15) is 5.11 Å². The van der Waals surface area contributed by atoms with E-state index in [2.05, 4.69) is 5.10 Å². The van der Waals surface area contributed by atoms with Crippen LogP contribution in [0.15, 0.2) is 85.1 Å². The summed E-state index contributed by atoms with van der Waals surface area (Å²) in [5.41, 5.74) is 4.56. The molecule has 3 aromatic carbocycles. The maximum absolute atomic E-state index is 10.8. The van der Waals surface area contributed by atoms with Crippen molar-refractivity contribution >= 4 is 0 Å². The minimum atomic E-state index is 0.277. The molecule has 0 spiro atoms. The largest absolute Gasteiger partial charge is 0.507 e. The Labute approximate surface area is 158 Å². The van der Waals surface area contributed by atoms with Gasteiger partial charge in [-0.25, -0.2) is 0 Å². The molecule has 134 valence electrons. The molecule has 0 saturated heterocycles. The molecule has 0 atom stereocenters. The van der Waals surface area contributed by atoms with Crippen LogP contribution < -0.4 is 4.74 Å². The van der Waals surface area contributed by atoms with E-state index in [4.69, 9.17) is 4.74 Å². The lowest BCUT2D eigenvalue weighted by molar-refractivity contribution is 0.415. The summed E-state index contributed by atoms with van der Waals surface area (Å²) in [6, 6.07) is 25.5. The maximum atomic E-state index is 10.8. The van der Waals surface area contributed by atoms with E-state index in [0.717, 1.165) is 33.7 Å². The van der Waals surface area contributed by atoms with Crippen LogP contribution in [0.25, 0.3) is 22.4 Å². The van der Waals surface area contributed by atoms with Gasteiger partial charge in [-0.1, -0.05) is 60.7 Å². The van der Waals surface area contributed by atoms with Gasteiger partial charge in [0.25, 0.3) is 0 Å². The summed E-state index contributed by atoms with van der Waals surface area (Å²) in [5.74, 6) is 1.07. The van der Waals surface area contributed by atoms with Gasteiger partial charge < -0.3 is 9.84 Å². The zero-order valence-electron chi connectivity index (χ0n) is 15.0. The number of hydrogen-bond donors (Lipinski definition) is 1. The van der Waals surface area contributed by atoms with E-state index >= 15 is 0 Å². The lowest BCUT2D eigenvalue weighted by Crippen LogP contribution is -2.01. The Morgan fingerprint density at radius 2 is 1.63 bits per heavy atom. The number of phenolic OH excluding ortho intramolecular Hbond substituents is 1. The van der Waals surface area contributed by atoms with Crippen LogP contribution in [0, 0.1) is 0 Å². The van der Waals surface area contributed by atoms with Gasteiger partial charge in [0.2, 0.25) is 0 Å². The van der Waals surface area contributed by atoms with Crippen molar-refractivity contribution in [1.29, 1.82) is 0 Å². The normalized spacial score (nSPS) is 10.7. The van der Waals surface area contributed by atoms with Gasteiger partial charge >= 0.3 is 0 Å². The van der Waals surface area contributed by atoms with Gasteiger partial charge in [0.15, 0.2) is 0 Å². The van der Waals surface area contributed by atoms with Gasteiger partial charge in [-0.15, -0.1) is 0 Å². The van der Waals surface area contributed by atoms with Crippen molar-refractivity contribution in [3.63, 3.8) is 0 Å². The summed E-state index contributed by atoms with van der Waals surface area (Å²) < 4.78 is 7.05. The first-order valence-corrected chi connectivity index (χ1v) is 8.79. The molecule has 0 amide bonds. The number of methoxy groups -OCH3 is 1. The maximum Gasteiger partial charge on any atom is 0.128 e. The quantitative estimate of drug-likeness (QED) is 0.549. The third-order valence-electron chi connectivity index (χ3n) is 4.56. The van der Waals surface area contributed by atoms with Crippen molar-refractivity contribution in [3.05, 3.63) is 90.6 Å². The molecule has 0 aliphatic heterocycles. The Bertz CT molecular complexity index is 1040. The molecule has 4 rings (SSSR count). The fraction of sp³-hybridized carbons (Fsp3) is 0.0870. The molecule has 4 aromatic rings. The third-order valence-corrected chi connectivity index (χ3v) is 4.56. The Kier molecular flexibility index (Phi) is 4.62. The van der Waals surface area contributed by atoms with Gasteiger partial charge in [-0.3, -0.25) is 4.68 Å². The van der Waals surface area contributed by atoms with Crippen LogP contribution in [-0.4, -0.2) is 22.0 Å². The van der Waals surface area contributed by atoms with E-state index in [0.29, 0.717) is 6.54 Å². The summed E-state index contributed by atoms with van der Waals surface area (Å²) in [6.07, 6.45) is 1.93. The highest BCUT2D eigenvalue weighted by atomic mass is 16.5. The molecule has 0 unspecified atom stereocenters. The molecule has 1 heterocycles. The van der Waals surface area contributed by atoms with Crippen LogP contribution in [0.5, 0.6) is 11.5 Å². The number of benzene rings is 3. The van der Waals surface area contributed by atoms with Crippen LogP contribution in [0.4, 0.5) is 0 Å². The second-order valence-corrected chi connectivity index (χ2v) is 6.31. The van der Waals surface area contributed by atoms with Gasteiger partial charge in [0.1, 0.15) is 11.5 Å². The van der Waals surface area contributed by atoms with Crippen molar-refractivity contribution < 1.29 is 9.84 Å². The molecular weight excluding hydrogens is 336 g/mol. The van der Waals surface area contributed by atoms with E-state index in [-0.39, 0.29) is 5.75 Å². The van der Waals surface area contributed by atoms with Gasteiger partial charge in [0, 0.05) is 22.9 Å². The highest BCUT2D eigenvalue weighted by Crippen LogP contribution is 2.33. The van der Waals surface area contributed by atoms with Crippen molar-refractivity contribution in [2.75, 3.05) is 7.11 Å². The number of aromatic hydroxyl groups is 1. The van der Waals surface area contributed by atoms with E-state index in [1.807, 2.05) is 89.7 Å². The number of rotatable bonds is 5. The zero-order chi connectivity index (χ0) is 18.6. The number of hydrogen-bond acceptors (Lipinski definition) is 3. The number of ether oxygens (including phenoxy) is 1. The van der Waals surface area contributed by atoms with Crippen LogP contribution in [0.3, 0.4) is 0 Å². The third kappa shape index (κ3) is 3.55. The molecule has 0 aliphatic carbocycles. The van der Waals surface area contributed by atoms with Crippen molar-refractivity contribution in [2.45, 2.75) is 6.54 Å². The summed E-state index contributed by atoms with van der Waals surface area (Å²) in [6.45, 7) is 0.503. The van der Waals surface area contributed by atoms with Crippen molar-refractivity contribution in [1.82, 2.24) is 9.78 Å². The van der Waals surface area contributed by atoms with Crippen LogP contribution in [0.2, 0.25) is 0 Å². The first kappa shape index (κ1) is 16.9. The van der Waals surface area contributed by atoms with E-state index < -0.39 is 0 Å². The van der Waals surface area contributed by atoms with Gasteiger partial charge in [-0.05, 0) is 23.8 Å². The first-order chi connectivity index (χ1) is 13.2. The summed E-state index contributed by atoms with van der Waals surface area (Å²) in [4.78, 5) is 0. The van der Waals surface area contributed by atoms with E-state index in [1.165, 1.54) is 0 Å². The van der Waals surface area contributed by atoms with Crippen LogP contribution >= 0.6 is 0 Å². The number of phenols is 1. The lowest BCUT2D eigenvalue weighted by Gasteiger charge is -2.11. The SMILES string of the molecule is COc1ccc(-c2cccc(Cn3ccc(-c4ccccc4)n3)c2O)cc1. The molecule has 0 bridgehead atoms. The predicted octanol–water partition coefficient (Wildman–Crippen LogP) is 4.98. The molecule has 0 saturated carbocycles. The second kappa shape index (κ2) is 7.38. The second-order valence-electron chi connectivity index (χ2n) is 6.31. The smallest absolute Gasteiger partial charge is 0.128 e. The Balaban J connectivity index is 1.61. The lowest BCUT2D eigenvalue weighted by atomic mass is 10.0. The van der Waals surface area contributed by atoms with Crippen LogP contribution in [0.1, 0.15) is 5.56 Å². The number of para-hydroxylation sites is 1. The topological polar surface area (TPSA) is 47.3 Å². The Morgan fingerprint density at radius 1 is 0.852 bits per heavy atom. The molecule has 27 heavy (non-hydrogen) atoms. The summed E-state index contributed by atoms with van der Waals surface area (Å²) >= 11 is 0. The minimum absolute atomic E-state index is 0.277. The van der Waals surface area contributed by atoms with Crippen LogP contribution in [-0.2, 0) is 6.54 Å². The summed E-state index contributed by atoms with van der Waals surface area (Å²) in [7, 11) is 1.64. The molecule has 4 heteroatoms. The summed E-state index contributed by atoms with van der Waals surface area (Å²) in [5, 5.41) is 15.4. The zero-order valence-corrected chi connectivity index (χ0v) is 15.0. The minimum Gasteiger partial charge on any atom is -0.507 e.